The summed E-state index contributed by atoms with van der Waals surface area (Å²) in [6.07, 6.45) is 5.60. The summed E-state index contributed by atoms with van der Waals surface area (Å²) in [6.45, 7) is 10.2. The van der Waals surface area contributed by atoms with E-state index in [1.807, 2.05) is 86.3 Å². The van der Waals surface area contributed by atoms with Gasteiger partial charge in [-0.05, 0) is 62.7 Å². The topological polar surface area (TPSA) is 47.4 Å². The van der Waals surface area contributed by atoms with Gasteiger partial charge >= 0.3 is 0 Å². The third-order valence-corrected chi connectivity index (χ3v) is 6.44. The number of aryl methyl sites for hydroxylation is 1. The summed E-state index contributed by atoms with van der Waals surface area (Å²) < 4.78 is 8.22. The summed E-state index contributed by atoms with van der Waals surface area (Å²) in [4.78, 5) is 15.0. The van der Waals surface area contributed by atoms with Crippen LogP contribution in [0.4, 0.5) is 0 Å². The number of nitrogens with zero attached hydrogens (tertiary/aromatic N) is 3. The molecular formula is C26H25N3O2S2. The molecular weight excluding hydrogens is 450 g/mol. The Labute approximate surface area is 203 Å². The largest absolute Gasteiger partial charge is 0.491 e. The van der Waals surface area contributed by atoms with Gasteiger partial charge in [0.05, 0.1) is 16.7 Å². The zero-order chi connectivity index (χ0) is 23.5. The van der Waals surface area contributed by atoms with Crippen molar-refractivity contribution in [2.24, 2.45) is 0 Å². The first-order valence-corrected chi connectivity index (χ1v) is 11.9. The lowest BCUT2D eigenvalue weighted by Crippen LogP contribution is -2.27. The van der Waals surface area contributed by atoms with Crippen LogP contribution in [0.1, 0.15) is 25.0 Å². The summed E-state index contributed by atoms with van der Waals surface area (Å²) in [6, 6.07) is 15.9. The molecule has 1 aliphatic heterocycles. The van der Waals surface area contributed by atoms with E-state index < -0.39 is 0 Å². The second-order valence-corrected chi connectivity index (χ2v) is 9.61. The minimum atomic E-state index is -0.110. The van der Waals surface area contributed by atoms with Crippen molar-refractivity contribution in [1.29, 1.82) is 0 Å². The van der Waals surface area contributed by atoms with Gasteiger partial charge in [-0.1, -0.05) is 48.3 Å². The van der Waals surface area contributed by atoms with E-state index in [9.17, 15) is 4.79 Å². The van der Waals surface area contributed by atoms with Gasteiger partial charge in [-0.15, -0.1) is 6.58 Å². The standard InChI is InChI=1S/C26H25N3O2S2/c1-5-13-28-25(30)23(33-26(28)32)15-19-16-29(20-9-7-6-8-10-20)27-24(19)22-12-11-21(14-18(22)4)31-17(2)3/h5-12,14-17H,1,13H2,2-4H3. The van der Waals surface area contributed by atoms with E-state index >= 15 is 0 Å². The molecule has 5 nitrogen and oxygen atoms in total. The second kappa shape index (κ2) is 9.77. The molecule has 1 aliphatic rings. The minimum absolute atomic E-state index is 0.0978. The third-order valence-electron chi connectivity index (χ3n) is 5.06. The quantitative estimate of drug-likeness (QED) is 0.237. The van der Waals surface area contributed by atoms with E-state index in [-0.39, 0.29) is 12.0 Å². The van der Waals surface area contributed by atoms with Crippen LogP contribution < -0.4 is 4.74 Å². The average molecular weight is 476 g/mol. The van der Waals surface area contributed by atoms with Gasteiger partial charge < -0.3 is 4.74 Å². The highest BCUT2D eigenvalue weighted by Gasteiger charge is 2.31. The molecule has 1 fully saturated rings. The summed E-state index contributed by atoms with van der Waals surface area (Å²) in [5.74, 6) is 0.710. The molecule has 0 N–H and O–H groups in total. The van der Waals surface area contributed by atoms with Crippen molar-refractivity contribution in [3.05, 3.63) is 83.4 Å². The van der Waals surface area contributed by atoms with Gasteiger partial charge in [0, 0.05) is 23.9 Å². The molecule has 0 radical (unpaired) electrons. The summed E-state index contributed by atoms with van der Waals surface area (Å²) >= 11 is 6.70. The monoisotopic (exact) mass is 475 g/mol. The normalized spacial score (nSPS) is 15.0. The van der Waals surface area contributed by atoms with Crippen molar-refractivity contribution in [2.75, 3.05) is 6.54 Å². The number of thiocarbonyl (C=S) groups is 1. The SMILES string of the molecule is C=CCN1C(=O)C(=Cc2cn(-c3ccccc3)nc2-c2ccc(OC(C)C)cc2C)SC1=S. The Hall–Kier alpha value is -3.16. The Bertz CT molecular complexity index is 1250. The average Bonchev–Trinajstić information content (AvgIpc) is 3.31. The van der Waals surface area contributed by atoms with Crippen LogP contribution in [-0.2, 0) is 4.79 Å². The smallest absolute Gasteiger partial charge is 0.266 e. The van der Waals surface area contributed by atoms with Gasteiger partial charge in [-0.2, -0.15) is 5.10 Å². The molecule has 0 saturated carbocycles. The molecule has 0 spiro atoms. The van der Waals surface area contributed by atoms with Crippen LogP contribution >= 0.6 is 24.0 Å². The summed E-state index contributed by atoms with van der Waals surface area (Å²) in [5.41, 5.74) is 4.60. The number of carbonyl (C=O) groups excluding carboxylic acids is 1. The number of amides is 1. The zero-order valence-electron chi connectivity index (χ0n) is 18.8. The molecule has 7 heteroatoms. The zero-order valence-corrected chi connectivity index (χ0v) is 20.5. The Balaban J connectivity index is 1.80. The molecule has 1 aromatic heterocycles. The number of thioether (sulfide) groups is 1. The summed E-state index contributed by atoms with van der Waals surface area (Å²) in [7, 11) is 0. The fraction of sp³-hybridized carbons (Fsp3) is 0.192. The predicted octanol–water partition coefficient (Wildman–Crippen LogP) is 6.02. The molecule has 0 unspecified atom stereocenters. The molecule has 1 amide bonds. The van der Waals surface area contributed by atoms with Gasteiger partial charge in [0.25, 0.3) is 5.91 Å². The number of aromatic nitrogens is 2. The van der Waals surface area contributed by atoms with Crippen LogP contribution in [-0.4, -0.2) is 37.6 Å². The van der Waals surface area contributed by atoms with E-state index in [2.05, 4.69) is 6.58 Å². The maximum atomic E-state index is 12.9. The van der Waals surface area contributed by atoms with Gasteiger partial charge in [0.1, 0.15) is 15.8 Å². The predicted molar refractivity (Wildman–Crippen MR) is 140 cm³/mol. The molecule has 0 bridgehead atoms. The molecule has 0 aliphatic carbocycles. The van der Waals surface area contributed by atoms with Crippen LogP contribution in [0.15, 0.2) is 72.3 Å². The Morgan fingerprint density at radius 1 is 1.21 bits per heavy atom. The lowest BCUT2D eigenvalue weighted by Gasteiger charge is -2.12. The Kier molecular flexibility index (Phi) is 6.81. The highest BCUT2D eigenvalue weighted by atomic mass is 32.2. The van der Waals surface area contributed by atoms with Crippen LogP contribution in [0, 0.1) is 6.92 Å². The van der Waals surface area contributed by atoms with E-state index in [1.165, 1.54) is 11.8 Å². The van der Waals surface area contributed by atoms with Crippen molar-refractivity contribution in [1.82, 2.24) is 14.7 Å². The molecule has 168 valence electrons. The van der Waals surface area contributed by atoms with E-state index in [1.54, 1.807) is 11.0 Å². The van der Waals surface area contributed by atoms with E-state index in [0.717, 1.165) is 33.8 Å². The number of hydrogen-bond acceptors (Lipinski definition) is 5. The fourth-order valence-electron chi connectivity index (χ4n) is 3.59. The molecule has 2 aromatic carbocycles. The van der Waals surface area contributed by atoms with E-state index in [0.29, 0.717) is 15.8 Å². The molecule has 2 heterocycles. The van der Waals surface area contributed by atoms with Crippen LogP contribution in [0.25, 0.3) is 23.0 Å². The summed E-state index contributed by atoms with van der Waals surface area (Å²) in [5, 5.41) is 4.89. The van der Waals surface area contributed by atoms with Crippen molar-refractivity contribution >= 4 is 40.3 Å². The second-order valence-electron chi connectivity index (χ2n) is 7.94. The number of rotatable bonds is 7. The first-order chi connectivity index (χ1) is 15.9. The number of para-hydroxylation sites is 1. The van der Waals surface area contributed by atoms with Crippen molar-refractivity contribution in [2.45, 2.75) is 26.9 Å². The number of carbonyl (C=O) groups is 1. The van der Waals surface area contributed by atoms with Crippen LogP contribution in [0.2, 0.25) is 0 Å². The van der Waals surface area contributed by atoms with Crippen molar-refractivity contribution < 1.29 is 9.53 Å². The molecule has 4 rings (SSSR count). The fourth-order valence-corrected chi connectivity index (χ4v) is 4.86. The Morgan fingerprint density at radius 3 is 2.64 bits per heavy atom. The van der Waals surface area contributed by atoms with Crippen molar-refractivity contribution in [3.8, 4) is 22.7 Å². The minimum Gasteiger partial charge on any atom is -0.491 e. The highest BCUT2D eigenvalue weighted by molar-refractivity contribution is 8.26. The maximum absolute atomic E-state index is 12.9. The first-order valence-electron chi connectivity index (χ1n) is 10.7. The lowest BCUT2D eigenvalue weighted by molar-refractivity contribution is -0.121. The van der Waals surface area contributed by atoms with Crippen molar-refractivity contribution in [3.63, 3.8) is 0 Å². The van der Waals surface area contributed by atoms with Gasteiger partial charge in [-0.25, -0.2) is 4.68 Å². The maximum Gasteiger partial charge on any atom is 0.266 e. The lowest BCUT2D eigenvalue weighted by atomic mass is 10.0. The number of hydrogen-bond donors (Lipinski definition) is 0. The molecule has 1 saturated heterocycles. The third kappa shape index (κ3) is 4.94. The van der Waals surface area contributed by atoms with Gasteiger partial charge in [0.15, 0.2) is 0 Å². The Morgan fingerprint density at radius 2 is 1.97 bits per heavy atom. The number of ether oxygens (including phenoxy) is 1. The number of benzene rings is 2. The molecule has 3 aromatic rings. The molecule has 33 heavy (non-hydrogen) atoms. The highest BCUT2D eigenvalue weighted by Crippen LogP contribution is 2.36. The van der Waals surface area contributed by atoms with E-state index in [4.69, 9.17) is 22.1 Å². The van der Waals surface area contributed by atoms with Crippen LogP contribution in [0.5, 0.6) is 5.75 Å². The first kappa shape index (κ1) is 23.0. The van der Waals surface area contributed by atoms with Crippen LogP contribution in [0.3, 0.4) is 0 Å². The molecule has 0 atom stereocenters. The van der Waals surface area contributed by atoms with Gasteiger partial charge in [0.2, 0.25) is 0 Å². The van der Waals surface area contributed by atoms with Gasteiger partial charge in [-0.3, -0.25) is 9.69 Å².